The van der Waals surface area contributed by atoms with Crippen molar-refractivity contribution in [1.82, 2.24) is 0 Å². The molecule has 0 aliphatic heterocycles. The van der Waals surface area contributed by atoms with Crippen LogP contribution in [0.4, 0.5) is 0 Å². The number of hydrogen-bond acceptors (Lipinski definition) is 1. The minimum absolute atomic E-state index is 0. The van der Waals surface area contributed by atoms with Crippen LogP contribution in [0.15, 0.2) is 59.6 Å². The third-order valence-corrected chi connectivity index (χ3v) is 9.17. The van der Waals surface area contributed by atoms with E-state index in [1.807, 2.05) is 75.8 Å². The van der Waals surface area contributed by atoms with Gasteiger partial charge in [0.1, 0.15) is 0 Å². The maximum atomic E-state index is 4.33. The number of rotatable bonds is 4. The maximum absolute atomic E-state index is 4.33. The predicted molar refractivity (Wildman–Crippen MR) is 125 cm³/mol. The molecule has 0 unspecified atom stereocenters. The average molecular weight is 682 g/mol. The van der Waals surface area contributed by atoms with Gasteiger partial charge in [-0.15, -0.1) is 0 Å². The van der Waals surface area contributed by atoms with E-state index in [2.05, 4.69) is 67.0 Å². The Bertz CT molecular complexity index is 643. The first kappa shape index (κ1) is 27.0. The molecule has 2 saturated carbocycles. The third kappa shape index (κ3) is 13.1. The molecule has 148 valence electrons. The van der Waals surface area contributed by atoms with E-state index in [9.17, 15) is 0 Å². The van der Waals surface area contributed by atoms with Crippen LogP contribution in [0.25, 0.3) is 0 Å². The molecule has 0 spiro atoms. The van der Waals surface area contributed by atoms with Gasteiger partial charge in [-0.25, -0.2) is 6.42 Å². The van der Waals surface area contributed by atoms with Crippen molar-refractivity contribution >= 4 is 42.6 Å². The second kappa shape index (κ2) is 17.7. The van der Waals surface area contributed by atoms with Crippen molar-refractivity contribution in [3.8, 4) is 0 Å². The van der Waals surface area contributed by atoms with Crippen LogP contribution in [0.1, 0.15) is 11.1 Å². The van der Waals surface area contributed by atoms with Crippen molar-refractivity contribution in [3.63, 3.8) is 0 Å². The fourth-order valence-electron chi connectivity index (χ4n) is 2.18. The normalized spacial score (nSPS) is 15.8. The van der Waals surface area contributed by atoms with Crippen LogP contribution in [0.2, 0.25) is 0 Å². The number of halogens is 1. The second-order valence-corrected chi connectivity index (χ2v) is 11.7. The molecule has 0 aromatic heterocycles. The molecule has 2 aromatic carbocycles. The molecule has 2 fully saturated rings. The van der Waals surface area contributed by atoms with E-state index < -0.39 is 20.9 Å². The zero-order chi connectivity index (χ0) is 19.9. The molecule has 4 rings (SSSR count). The Morgan fingerprint density at radius 1 is 0.897 bits per heavy atom. The van der Waals surface area contributed by atoms with E-state index >= 15 is 0 Å². The van der Waals surface area contributed by atoms with Gasteiger partial charge in [-0.2, -0.15) is 5.92 Å². The Labute approximate surface area is 206 Å². The summed E-state index contributed by atoms with van der Waals surface area (Å²) in [6.07, 6.45) is 20.8. The molecular weight excluding hydrogens is 659 g/mol. The second-order valence-electron chi connectivity index (χ2n) is 5.96. The fraction of sp³-hybridized carbons (Fsp3) is 0.0800. The van der Waals surface area contributed by atoms with E-state index in [1.54, 1.807) is 0 Å². The van der Waals surface area contributed by atoms with Gasteiger partial charge in [0.15, 0.2) is 0 Å². The topological polar surface area (TPSA) is 12.4 Å². The summed E-state index contributed by atoms with van der Waals surface area (Å²) >= 11 is 3.13. The first-order valence-electron chi connectivity index (χ1n) is 9.00. The molecule has 0 heterocycles. The van der Waals surface area contributed by atoms with Crippen LogP contribution >= 0.6 is 12.2 Å². The van der Waals surface area contributed by atoms with Gasteiger partial charge >= 0.3 is 73.1 Å². The van der Waals surface area contributed by atoms with Crippen molar-refractivity contribution in [2.45, 2.75) is 13.5 Å². The summed E-state index contributed by atoms with van der Waals surface area (Å²) < 4.78 is 1.51. The molecule has 29 heavy (non-hydrogen) atoms. The summed E-state index contributed by atoms with van der Waals surface area (Å²) in [5, 5.41) is 0. The molecule has 0 amide bonds. The smallest absolute Gasteiger partial charge is 0.0634 e. The molecule has 0 bridgehead atoms. The van der Waals surface area contributed by atoms with Gasteiger partial charge in [0.25, 0.3) is 0 Å². The quantitative estimate of drug-likeness (QED) is 0.239. The Balaban J connectivity index is 0.000000240. The zero-order valence-corrected chi connectivity index (χ0v) is 22.4. The van der Waals surface area contributed by atoms with Crippen LogP contribution < -0.4 is 3.27 Å². The molecular formula is C25H23BiBrFeN. The monoisotopic (exact) mass is 681 g/mol. The van der Waals surface area contributed by atoms with E-state index in [-0.39, 0.29) is 17.1 Å². The summed E-state index contributed by atoms with van der Waals surface area (Å²) in [6.45, 7) is 2.85. The zero-order valence-electron chi connectivity index (χ0n) is 16.2. The molecule has 0 N–H and O–H groups in total. The van der Waals surface area contributed by atoms with Crippen molar-refractivity contribution in [1.29, 1.82) is 0 Å². The molecule has 12 radical (unpaired) electrons. The Morgan fingerprint density at radius 3 is 2.03 bits per heavy atom. The molecule has 4 heteroatoms. The Kier molecular flexibility index (Phi) is 16.4. The molecule has 0 saturated heterocycles. The number of aliphatic imine (C=N–C) groups is 1. The number of nitrogens with zero attached hydrogens (tertiary/aromatic N) is 1. The minimum Gasteiger partial charge on any atom is -0.465 e. The van der Waals surface area contributed by atoms with Gasteiger partial charge in [0, 0.05) is 17.1 Å². The molecule has 0 atom stereocenters. The largest absolute Gasteiger partial charge is 0.465 e. The van der Waals surface area contributed by atoms with Gasteiger partial charge in [-0.05, 0) is 43.9 Å². The summed E-state index contributed by atoms with van der Waals surface area (Å²) in [7, 11) is 0. The van der Waals surface area contributed by atoms with Gasteiger partial charge in [-0.1, -0.05) is 43.2 Å². The van der Waals surface area contributed by atoms with E-state index in [0.29, 0.717) is 0 Å². The minimum atomic E-state index is -0.431. The standard InChI is InChI=1S/C13H11N.C7H7.C5H5.Bi.BrH.Fe/c1-2-6-12(7-3-1)10-14-11-13-8-4-5-9-13;1-7-5-3-2-4-6-7;1-2-4-5-3-1;;;/h1-8,11H,10H2;3-6H,1H3;1-5H;;1H;/q-1;;;+2;;/p-1. The SMILES string of the molecule is Cc1cc[c]([Bi+][Br])cc1.[C-]1[CH][CH][CH][C]1C=NCc1ccccc1.[CH]1[CH][CH][CH][CH]1.[Fe]. The van der Waals surface area contributed by atoms with Crippen LogP contribution in [0.3, 0.4) is 0 Å². The average Bonchev–Trinajstić information content (AvgIpc) is 3.47. The van der Waals surface area contributed by atoms with Gasteiger partial charge in [0.2, 0.25) is 0 Å². The molecule has 2 aliphatic rings. The van der Waals surface area contributed by atoms with E-state index in [1.165, 1.54) is 14.4 Å². The van der Waals surface area contributed by atoms with Crippen molar-refractivity contribution in [2.24, 2.45) is 4.99 Å². The summed E-state index contributed by atoms with van der Waals surface area (Å²) in [5.74, 6) is 1.04. The van der Waals surface area contributed by atoms with Crippen LogP contribution in [-0.2, 0) is 23.6 Å². The van der Waals surface area contributed by atoms with E-state index in [4.69, 9.17) is 0 Å². The van der Waals surface area contributed by atoms with Crippen molar-refractivity contribution in [3.05, 3.63) is 129 Å². The number of hydrogen-bond donors (Lipinski definition) is 0. The van der Waals surface area contributed by atoms with Gasteiger partial charge in [-0.3, -0.25) is 4.99 Å². The van der Waals surface area contributed by atoms with Crippen molar-refractivity contribution in [2.75, 3.05) is 0 Å². The summed E-state index contributed by atoms with van der Waals surface area (Å²) in [5.41, 5.74) is 2.58. The number of benzene rings is 2. The van der Waals surface area contributed by atoms with Crippen LogP contribution in [-0.4, -0.2) is 27.1 Å². The first-order valence-corrected chi connectivity index (χ1v) is 18.3. The summed E-state index contributed by atoms with van der Waals surface area (Å²) in [6, 6.07) is 19.0. The maximum Gasteiger partial charge on any atom is 0.0634 e. The van der Waals surface area contributed by atoms with E-state index in [0.717, 1.165) is 12.5 Å². The van der Waals surface area contributed by atoms with Crippen molar-refractivity contribution < 1.29 is 17.1 Å². The number of aryl methyl sites for hydroxylation is 1. The molecule has 1 nitrogen and oxygen atoms in total. The van der Waals surface area contributed by atoms with Gasteiger partial charge < -0.3 is 6.42 Å². The fourth-order valence-corrected chi connectivity index (χ4v) is 5.27. The van der Waals surface area contributed by atoms with Crippen LogP contribution in [0.5, 0.6) is 0 Å². The molecule has 2 aliphatic carbocycles. The third-order valence-electron chi connectivity index (χ3n) is 3.66. The predicted octanol–water partition coefficient (Wildman–Crippen LogP) is 5.19. The first-order chi connectivity index (χ1) is 13.8. The Hall–Kier alpha value is -0.00740. The molecule has 2 aromatic rings. The summed E-state index contributed by atoms with van der Waals surface area (Å²) in [4.78, 5) is 4.33. The van der Waals surface area contributed by atoms with Crippen LogP contribution in [0, 0.1) is 70.6 Å². The Morgan fingerprint density at radius 2 is 1.52 bits per heavy atom. The van der Waals surface area contributed by atoms with Gasteiger partial charge in [0.05, 0.1) is 6.54 Å².